The summed E-state index contributed by atoms with van der Waals surface area (Å²) in [5, 5.41) is 0.692. The van der Waals surface area contributed by atoms with Gasteiger partial charge in [0.2, 0.25) is 0 Å². The van der Waals surface area contributed by atoms with E-state index in [1.165, 1.54) is 12.1 Å². The lowest BCUT2D eigenvalue weighted by Crippen LogP contribution is -2.29. The molecule has 5 heteroatoms. The SMILES string of the molecule is NNC(CSc1cccc(F)c1)c1ccc(Cl)cc1. The molecular formula is C14H14ClFN2S. The minimum Gasteiger partial charge on any atom is -0.271 e. The van der Waals surface area contributed by atoms with E-state index in [1.807, 2.05) is 30.3 Å². The van der Waals surface area contributed by atoms with Crippen LogP contribution in [0.2, 0.25) is 5.02 Å². The van der Waals surface area contributed by atoms with Crippen LogP contribution < -0.4 is 11.3 Å². The number of hydrazine groups is 1. The van der Waals surface area contributed by atoms with Gasteiger partial charge >= 0.3 is 0 Å². The number of rotatable bonds is 5. The maximum atomic E-state index is 13.1. The number of hydrogen-bond donors (Lipinski definition) is 2. The van der Waals surface area contributed by atoms with Crippen molar-refractivity contribution in [1.29, 1.82) is 0 Å². The normalized spacial score (nSPS) is 12.4. The Balaban J connectivity index is 2.01. The van der Waals surface area contributed by atoms with Crippen molar-refractivity contribution in [1.82, 2.24) is 5.43 Å². The van der Waals surface area contributed by atoms with Crippen LogP contribution in [0.5, 0.6) is 0 Å². The van der Waals surface area contributed by atoms with Crippen LogP contribution in [0.4, 0.5) is 4.39 Å². The summed E-state index contributed by atoms with van der Waals surface area (Å²) >= 11 is 7.40. The predicted molar refractivity (Wildman–Crippen MR) is 78.6 cm³/mol. The molecule has 2 rings (SSSR count). The first-order valence-electron chi connectivity index (χ1n) is 5.79. The van der Waals surface area contributed by atoms with Gasteiger partial charge in [0.05, 0.1) is 6.04 Å². The summed E-state index contributed by atoms with van der Waals surface area (Å²) in [6.45, 7) is 0. The first kappa shape index (κ1) is 14.3. The second kappa shape index (κ2) is 6.91. The van der Waals surface area contributed by atoms with Gasteiger partial charge < -0.3 is 0 Å². The third-order valence-electron chi connectivity index (χ3n) is 2.69. The van der Waals surface area contributed by atoms with Gasteiger partial charge in [-0.15, -0.1) is 11.8 Å². The Bertz CT molecular complexity index is 533. The average Bonchev–Trinajstić information content (AvgIpc) is 2.41. The molecular weight excluding hydrogens is 283 g/mol. The van der Waals surface area contributed by atoms with Crippen molar-refractivity contribution in [3.05, 3.63) is 64.9 Å². The van der Waals surface area contributed by atoms with Crippen molar-refractivity contribution in [2.75, 3.05) is 5.75 Å². The average molecular weight is 297 g/mol. The highest BCUT2D eigenvalue weighted by molar-refractivity contribution is 7.99. The Labute approximate surface area is 121 Å². The van der Waals surface area contributed by atoms with Gasteiger partial charge in [-0.3, -0.25) is 11.3 Å². The lowest BCUT2D eigenvalue weighted by Gasteiger charge is -2.16. The lowest BCUT2D eigenvalue weighted by atomic mass is 10.1. The number of nitrogens with one attached hydrogen (secondary N) is 1. The number of thioether (sulfide) groups is 1. The minimum atomic E-state index is -0.228. The Morgan fingerprint density at radius 1 is 1.21 bits per heavy atom. The molecule has 0 radical (unpaired) electrons. The highest BCUT2D eigenvalue weighted by Crippen LogP contribution is 2.25. The minimum absolute atomic E-state index is 0.00876. The molecule has 1 unspecified atom stereocenters. The number of benzene rings is 2. The van der Waals surface area contributed by atoms with Gasteiger partial charge in [-0.1, -0.05) is 29.8 Å². The molecule has 0 fully saturated rings. The fourth-order valence-corrected chi connectivity index (χ4v) is 2.82. The molecule has 0 aliphatic heterocycles. The summed E-state index contributed by atoms with van der Waals surface area (Å²) in [5.74, 6) is 6.05. The van der Waals surface area contributed by atoms with E-state index < -0.39 is 0 Å². The van der Waals surface area contributed by atoms with Gasteiger partial charge in [0.1, 0.15) is 5.82 Å². The van der Waals surface area contributed by atoms with Crippen molar-refractivity contribution < 1.29 is 4.39 Å². The van der Waals surface area contributed by atoms with Crippen LogP contribution in [0, 0.1) is 5.82 Å². The van der Waals surface area contributed by atoms with Crippen LogP contribution in [-0.4, -0.2) is 5.75 Å². The van der Waals surface area contributed by atoms with E-state index in [2.05, 4.69) is 5.43 Å². The maximum Gasteiger partial charge on any atom is 0.124 e. The number of hydrogen-bond acceptors (Lipinski definition) is 3. The largest absolute Gasteiger partial charge is 0.271 e. The third kappa shape index (κ3) is 4.21. The van der Waals surface area contributed by atoms with Gasteiger partial charge in [-0.05, 0) is 35.9 Å². The van der Waals surface area contributed by atoms with Crippen LogP contribution >= 0.6 is 23.4 Å². The van der Waals surface area contributed by atoms with E-state index >= 15 is 0 Å². The molecule has 0 spiro atoms. The van der Waals surface area contributed by atoms with Crippen LogP contribution in [0.15, 0.2) is 53.4 Å². The lowest BCUT2D eigenvalue weighted by molar-refractivity contribution is 0.610. The summed E-state index contributed by atoms with van der Waals surface area (Å²) in [5.41, 5.74) is 3.82. The highest BCUT2D eigenvalue weighted by atomic mass is 35.5. The molecule has 19 heavy (non-hydrogen) atoms. The molecule has 2 nitrogen and oxygen atoms in total. The maximum absolute atomic E-state index is 13.1. The molecule has 0 saturated carbocycles. The number of nitrogens with two attached hydrogens (primary N) is 1. The second-order valence-electron chi connectivity index (χ2n) is 4.04. The molecule has 0 heterocycles. The molecule has 0 aliphatic carbocycles. The zero-order chi connectivity index (χ0) is 13.7. The summed E-state index contributed by atoms with van der Waals surface area (Å²) in [7, 11) is 0. The van der Waals surface area contributed by atoms with Crippen molar-refractivity contribution in [2.45, 2.75) is 10.9 Å². The summed E-state index contributed by atoms with van der Waals surface area (Å²) in [4.78, 5) is 0.884. The van der Waals surface area contributed by atoms with E-state index in [-0.39, 0.29) is 11.9 Å². The molecule has 3 N–H and O–H groups in total. The van der Waals surface area contributed by atoms with Crippen LogP contribution in [0.3, 0.4) is 0 Å². The molecule has 0 amide bonds. The third-order valence-corrected chi connectivity index (χ3v) is 4.03. The van der Waals surface area contributed by atoms with Gasteiger partial charge in [0.15, 0.2) is 0 Å². The van der Waals surface area contributed by atoms with Crippen molar-refractivity contribution in [2.24, 2.45) is 5.84 Å². The fraction of sp³-hybridized carbons (Fsp3) is 0.143. The molecule has 0 aliphatic rings. The quantitative estimate of drug-likeness (QED) is 0.501. The fourth-order valence-electron chi connectivity index (χ4n) is 1.67. The summed E-state index contributed by atoms with van der Waals surface area (Å²) < 4.78 is 13.1. The van der Waals surface area contributed by atoms with Gasteiger partial charge in [-0.2, -0.15) is 0 Å². The smallest absolute Gasteiger partial charge is 0.124 e. The van der Waals surface area contributed by atoms with Crippen molar-refractivity contribution >= 4 is 23.4 Å². The zero-order valence-electron chi connectivity index (χ0n) is 10.1. The van der Waals surface area contributed by atoms with Crippen molar-refractivity contribution in [3.63, 3.8) is 0 Å². The Morgan fingerprint density at radius 3 is 2.58 bits per heavy atom. The van der Waals surface area contributed by atoms with Gasteiger partial charge in [-0.25, -0.2) is 4.39 Å². The first-order valence-corrected chi connectivity index (χ1v) is 7.15. The Hall–Kier alpha value is -1.07. The standard InChI is InChI=1S/C14H14ClFN2S/c15-11-6-4-10(5-7-11)14(18-17)9-19-13-3-1-2-12(16)8-13/h1-8,14,18H,9,17H2. The molecule has 0 saturated heterocycles. The topological polar surface area (TPSA) is 38.0 Å². The van der Waals surface area contributed by atoms with Crippen LogP contribution in [-0.2, 0) is 0 Å². The second-order valence-corrected chi connectivity index (χ2v) is 5.57. The Morgan fingerprint density at radius 2 is 1.95 bits per heavy atom. The van der Waals surface area contributed by atoms with E-state index in [0.717, 1.165) is 10.5 Å². The Kier molecular flexibility index (Phi) is 5.22. The molecule has 1 atom stereocenters. The van der Waals surface area contributed by atoms with Crippen LogP contribution in [0.25, 0.3) is 0 Å². The van der Waals surface area contributed by atoms with Crippen molar-refractivity contribution in [3.8, 4) is 0 Å². The van der Waals surface area contributed by atoms with E-state index in [1.54, 1.807) is 17.8 Å². The van der Waals surface area contributed by atoms with E-state index in [0.29, 0.717) is 10.8 Å². The monoisotopic (exact) mass is 296 g/mol. The zero-order valence-corrected chi connectivity index (χ0v) is 11.7. The van der Waals surface area contributed by atoms with Gasteiger partial charge in [0.25, 0.3) is 0 Å². The van der Waals surface area contributed by atoms with Crippen LogP contribution in [0.1, 0.15) is 11.6 Å². The van der Waals surface area contributed by atoms with E-state index in [4.69, 9.17) is 17.4 Å². The molecule has 0 bridgehead atoms. The molecule has 0 aromatic heterocycles. The van der Waals surface area contributed by atoms with E-state index in [9.17, 15) is 4.39 Å². The first-order chi connectivity index (χ1) is 9.19. The molecule has 100 valence electrons. The highest BCUT2D eigenvalue weighted by Gasteiger charge is 2.10. The van der Waals surface area contributed by atoms with Gasteiger partial charge in [0, 0.05) is 15.7 Å². The molecule has 2 aromatic rings. The number of halogens is 2. The summed E-state index contributed by atoms with van der Waals surface area (Å²) in [6, 6.07) is 14.0. The molecule has 2 aromatic carbocycles. The predicted octanol–water partition coefficient (Wildman–Crippen LogP) is 3.78. The summed E-state index contributed by atoms with van der Waals surface area (Å²) in [6.07, 6.45) is 0.